The monoisotopic (exact) mass is 211 g/mol. The van der Waals surface area contributed by atoms with Crippen molar-refractivity contribution in [2.75, 3.05) is 6.61 Å². The molecule has 1 fully saturated rings. The van der Waals surface area contributed by atoms with Crippen LogP contribution in [0.4, 0.5) is 0 Å². The smallest absolute Gasteiger partial charge is 0.0847 e. The molecule has 1 saturated heterocycles. The molecule has 3 heteroatoms. The average Bonchev–Trinajstić information content (AvgIpc) is 2.74. The summed E-state index contributed by atoms with van der Waals surface area (Å²) >= 11 is 1.75. The molecule has 0 spiro atoms. The summed E-state index contributed by atoms with van der Waals surface area (Å²) in [4.78, 5) is 1.31. The first kappa shape index (κ1) is 10.1. The molecule has 1 aromatic heterocycles. The molecule has 2 rings (SSSR count). The molecule has 0 saturated carbocycles. The van der Waals surface area contributed by atoms with Crippen molar-refractivity contribution in [3.05, 3.63) is 21.9 Å². The lowest BCUT2D eigenvalue weighted by Crippen LogP contribution is -2.37. The van der Waals surface area contributed by atoms with Crippen LogP contribution >= 0.6 is 11.3 Å². The molecule has 0 aromatic carbocycles. The van der Waals surface area contributed by atoms with E-state index in [-0.39, 0.29) is 11.6 Å². The van der Waals surface area contributed by atoms with Gasteiger partial charge in [-0.25, -0.2) is 0 Å². The van der Waals surface area contributed by atoms with Crippen LogP contribution in [0, 0.1) is 6.92 Å². The van der Waals surface area contributed by atoms with Crippen molar-refractivity contribution < 1.29 is 4.74 Å². The predicted molar refractivity (Wildman–Crippen MR) is 59.6 cm³/mol. The average molecular weight is 211 g/mol. The van der Waals surface area contributed by atoms with Crippen molar-refractivity contribution in [3.63, 3.8) is 0 Å². The van der Waals surface area contributed by atoms with Gasteiger partial charge in [0.05, 0.1) is 11.6 Å². The Morgan fingerprint density at radius 1 is 1.64 bits per heavy atom. The molecule has 0 bridgehead atoms. The van der Waals surface area contributed by atoms with Gasteiger partial charge < -0.3 is 10.5 Å². The second-order valence-corrected chi connectivity index (χ2v) is 5.29. The van der Waals surface area contributed by atoms with E-state index in [1.165, 1.54) is 10.4 Å². The van der Waals surface area contributed by atoms with Gasteiger partial charge >= 0.3 is 0 Å². The summed E-state index contributed by atoms with van der Waals surface area (Å²) in [7, 11) is 0. The minimum absolute atomic E-state index is 0.0243. The Balaban J connectivity index is 2.23. The maximum Gasteiger partial charge on any atom is 0.0847 e. The summed E-state index contributed by atoms with van der Waals surface area (Å²) in [6, 6.07) is 2.15. The zero-order valence-electron chi connectivity index (χ0n) is 8.75. The van der Waals surface area contributed by atoms with Crippen molar-refractivity contribution in [1.29, 1.82) is 0 Å². The Labute approximate surface area is 89.1 Å². The van der Waals surface area contributed by atoms with E-state index in [1.807, 2.05) is 0 Å². The molecule has 14 heavy (non-hydrogen) atoms. The van der Waals surface area contributed by atoms with E-state index in [4.69, 9.17) is 10.5 Å². The fourth-order valence-corrected chi connectivity index (χ4v) is 2.84. The number of hydrogen-bond acceptors (Lipinski definition) is 3. The lowest BCUT2D eigenvalue weighted by atomic mass is 9.89. The second-order valence-electron chi connectivity index (χ2n) is 4.17. The van der Waals surface area contributed by atoms with E-state index in [0.29, 0.717) is 0 Å². The normalized spacial score (nSPS) is 29.4. The number of aryl methyl sites for hydroxylation is 1. The zero-order chi connectivity index (χ0) is 10.2. The van der Waals surface area contributed by atoms with Crippen molar-refractivity contribution in [2.45, 2.75) is 38.3 Å². The first-order valence-corrected chi connectivity index (χ1v) is 5.95. The van der Waals surface area contributed by atoms with Crippen LogP contribution in [0.25, 0.3) is 0 Å². The highest BCUT2D eigenvalue weighted by atomic mass is 32.1. The SMILES string of the molecule is Cc1sccc1C(N)C1(C)CCCO1. The van der Waals surface area contributed by atoms with Crippen molar-refractivity contribution in [1.82, 2.24) is 0 Å². The van der Waals surface area contributed by atoms with E-state index in [0.717, 1.165) is 19.4 Å². The third-order valence-corrected chi connectivity index (χ3v) is 4.00. The molecule has 0 amide bonds. The minimum Gasteiger partial charge on any atom is -0.373 e. The van der Waals surface area contributed by atoms with Crippen LogP contribution in [-0.4, -0.2) is 12.2 Å². The molecule has 2 N–H and O–H groups in total. The third-order valence-electron chi connectivity index (χ3n) is 3.14. The van der Waals surface area contributed by atoms with Crippen LogP contribution in [0.1, 0.15) is 36.2 Å². The van der Waals surface area contributed by atoms with E-state index < -0.39 is 0 Å². The summed E-state index contributed by atoms with van der Waals surface area (Å²) in [6.45, 7) is 5.10. The molecular weight excluding hydrogens is 194 g/mol. The first-order valence-electron chi connectivity index (χ1n) is 5.07. The van der Waals surface area contributed by atoms with Crippen LogP contribution in [0.2, 0.25) is 0 Å². The highest BCUT2D eigenvalue weighted by Crippen LogP contribution is 2.37. The summed E-state index contributed by atoms with van der Waals surface area (Å²) in [5.74, 6) is 0. The maximum atomic E-state index is 6.26. The van der Waals surface area contributed by atoms with Crippen molar-refractivity contribution >= 4 is 11.3 Å². The van der Waals surface area contributed by atoms with Crippen LogP contribution < -0.4 is 5.73 Å². The molecular formula is C11H17NOS. The van der Waals surface area contributed by atoms with E-state index in [2.05, 4.69) is 25.3 Å². The summed E-state index contributed by atoms with van der Waals surface area (Å²) in [5.41, 5.74) is 7.36. The summed E-state index contributed by atoms with van der Waals surface area (Å²) < 4.78 is 5.76. The molecule has 78 valence electrons. The Morgan fingerprint density at radius 2 is 2.43 bits per heavy atom. The molecule has 2 heterocycles. The van der Waals surface area contributed by atoms with Crippen LogP contribution in [-0.2, 0) is 4.74 Å². The quantitative estimate of drug-likeness (QED) is 0.816. The van der Waals surface area contributed by atoms with Gasteiger partial charge in [-0.15, -0.1) is 11.3 Å². The maximum absolute atomic E-state index is 6.26. The number of ether oxygens (including phenoxy) is 1. The molecule has 1 aromatic rings. The number of hydrogen-bond donors (Lipinski definition) is 1. The van der Waals surface area contributed by atoms with Gasteiger partial charge in [0, 0.05) is 11.5 Å². The van der Waals surface area contributed by atoms with Crippen LogP contribution in [0.15, 0.2) is 11.4 Å². The molecule has 1 aliphatic heterocycles. The van der Waals surface area contributed by atoms with Crippen molar-refractivity contribution in [3.8, 4) is 0 Å². The first-order chi connectivity index (χ1) is 6.63. The van der Waals surface area contributed by atoms with Crippen molar-refractivity contribution in [2.24, 2.45) is 5.73 Å². The molecule has 2 atom stereocenters. The topological polar surface area (TPSA) is 35.2 Å². The largest absolute Gasteiger partial charge is 0.373 e. The predicted octanol–water partition coefficient (Wildman–Crippen LogP) is 2.63. The fourth-order valence-electron chi connectivity index (χ4n) is 2.09. The van der Waals surface area contributed by atoms with E-state index in [1.54, 1.807) is 11.3 Å². The number of nitrogens with two attached hydrogens (primary N) is 1. The number of thiophene rings is 1. The molecule has 1 aliphatic rings. The van der Waals surface area contributed by atoms with Gasteiger partial charge in [-0.3, -0.25) is 0 Å². The number of rotatable bonds is 2. The highest BCUT2D eigenvalue weighted by Gasteiger charge is 2.37. The van der Waals surface area contributed by atoms with Crippen LogP contribution in [0.5, 0.6) is 0 Å². The van der Waals surface area contributed by atoms with Gasteiger partial charge in [-0.1, -0.05) is 0 Å². The Hall–Kier alpha value is -0.380. The molecule has 0 radical (unpaired) electrons. The van der Waals surface area contributed by atoms with Gasteiger partial charge in [0.15, 0.2) is 0 Å². The lowest BCUT2D eigenvalue weighted by Gasteiger charge is -2.30. The zero-order valence-corrected chi connectivity index (χ0v) is 9.56. The molecule has 2 nitrogen and oxygen atoms in total. The van der Waals surface area contributed by atoms with Gasteiger partial charge in [-0.2, -0.15) is 0 Å². The van der Waals surface area contributed by atoms with E-state index in [9.17, 15) is 0 Å². The van der Waals surface area contributed by atoms with Gasteiger partial charge in [0.1, 0.15) is 0 Å². The fraction of sp³-hybridized carbons (Fsp3) is 0.636. The van der Waals surface area contributed by atoms with Crippen LogP contribution in [0.3, 0.4) is 0 Å². The minimum atomic E-state index is -0.147. The molecule has 2 unspecified atom stereocenters. The summed E-state index contributed by atoms with van der Waals surface area (Å²) in [6.07, 6.45) is 2.21. The Kier molecular flexibility index (Phi) is 2.64. The Morgan fingerprint density at radius 3 is 2.93 bits per heavy atom. The Bertz CT molecular complexity index is 315. The summed E-state index contributed by atoms with van der Waals surface area (Å²) in [5, 5.41) is 2.10. The lowest BCUT2D eigenvalue weighted by molar-refractivity contribution is -0.00177. The van der Waals surface area contributed by atoms with Gasteiger partial charge in [0.2, 0.25) is 0 Å². The standard InChI is InChI=1S/C11H17NOS/c1-8-9(4-7-14-8)10(12)11(2)5-3-6-13-11/h4,7,10H,3,5-6,12H2,1-2H3. The van der Waals surface area contributed by atoms with Gasteiger partial charge in [0.25, 0.3) is 0 Å². The highest BCUT2D eigenvalue weighted by molar-refractivity contribution is 7.10. The third kappa shape index (κ3) is 1.60. The van der Waals surface area contributed by atoms with E-state index >= 15 is 0 Å². The second kappa shape index (κ2) is 3.65. The molecule has 0 aliphatic carbocycles. The van der Waals surface area contributed by atoms with Gasteiger partial charge in [-0.05, 0) is 43.7 Å².